The quantitative estimate of drug-likeness (QED) is 0.918. The molecule has 0 fully saturated rings. The van der Waals surface area contributed by atoms with Gasteiger partial charge in [0, 0.05) is 24.4 Å². The van der Waals surface area contributed by atoms with Crippen LogP contribution in [0.3, 0.4) is 0 Å². The molecule has 134 valence electrons. The molecule has 0 aliphatic carbocycles. The molecule has 26 heavy (non-hydrogen) atoms. The number of benzene rings is 2. The fourth-order valence-corrected chi connectivity index (χ4v) is 3.24. The molecule has 2 aromatic rings. The molecule has 2 unspecified atom stereocenters. The van der Waals surface area contributed by atoms with Crippen molar-refractivity contribution in [2.24, 2.45) is 11.1 Å². The number of ether oxygens (including phenoxy) is 1. The van der Waals surface area contributed by atoms with E-state index in [1.165, 1.54) is 12.1 Å². The molecule has 4 rings (SSSR count). The zero-order valence-corrected chi connectivity index (χ0v) is 14.2. The molecule has 0 bridgehead atoms. The molecule has 0 saturated carbocycles. The zero-order chi connectivity index (χ0) is 17.9. The second-order valence-corrected chi connectivity index (χ2v) is 6.58. The van der Waals surface area contributed by atoms with Gasteiger partial charge >= 0.3 is 0 Å². The maximum Gasteiger partial charge on any atom is 0.264 e. The first kappa shape index (κ1) is 16.6. The predicted octanol–water partition coefficient (Wildman–Crippen LogP) is 2.69. The van der Waals surface area contributed by atoms with E-state index in [-0.39, 0.29) is 17.6 Å². The molecular formula is C20H19FN2O3. The van der Waals surface area contributed by atoms with Crippen LogP contribution in [0.4, 0.5) is 4.39 Å². The smallest absolute Gasteiger partial charge is 0.264 e. The Morgan fingerprint density at radius 1 is 1.19 bits per heavy atom. The largest absolute Gasteiger partial charge is 0.493 e. The summed E-state index contributed by atoms with van der Waals surface area (Å²) in [4.78, 5) is 17.6. The zero-order valence-electron chi connectivity index (χ0n) is 14.2. The first-order valence-electron chi connectivity index (χ1n) is 8.66. The highest BCUT2D eigenvalue weighted by atomic mass is 19.1. The number of nitrogens with zero attached hydrogens (tertiary/aromatic N) is 1. The molecule has 5 nitrogen and oxygen atoms in total. The van der Waals surface area contributed by atoms with E-state index >= 15 is 0 Å². The van der Waals surface area contributed by atoms with Crippen LogP contribution in [0.5, 0.6) is 5.75 Å². The molecule has 0 radical (unpaired) electrons. The normalized spacial score (nSPS) is 21.2. The molecule has 0 saturated heterocycles. The van der Waals surface area contributed by atoms with Crippen molar-refractivity contribution in [3.8, 4) is 5.75 Å². The van der Waals surface area contributed by atoms with Crippen molar-refractivity contribution >= 4 is 11.6 Å². The van der Waals surface area contributed by atoms with E-state index in [9.17, 15) is 9.18 Å². The summed E-state index contributed by atoms with van der Waals surface area (Å²) in [6.07, 6.45) is 0.525. The van der Waals surface area contributed by atoms with E-state index in [1.54, 1.807) is 12.1 Å². The van der Waals surface area contributed by atoms with Crippen molar-refractivity contribution in [2.75, 3.05) is 13.2 Å². The third-order valence-electron chi connectivity index (χ3n) is 4.64. The molecule has 2 heterocycles. The summed E-state index contributed by atoms with van der Waals surface area (Å²) < 4.78 is 19.1. The van der Waals surface area contributed by atoms with Gasteiger partial charge in [0.15, 0.2) is 0 Å². The molecular weight excluding hydrogens is 335 g/mol. The highest BCUT2D eigenvalue weighted by molar-refractivity contribution is 6.04. The molecule has 0 spiro atoms. The fraction of sp³-hybridized carbons (Fsp3) is 0.300. The number of carbonyl (C=O) groups is 1. The van der Waals surface area contributed by atoms with E-state index in [0.29, 0.717) is 30.8 Å². The van der Waals surface area contributed by atoms with Crippen LogP contribution in [0.25, 0.3) is 0 Å². The summed E-state index contributed by atoms with van der Waals surface area (Å²) in [5, 5.41) is 6.86. The lowest BCUT2D eigenvalue weighted by molar-refractivity contribution is -0.131. The molecule has 2 aliphatic rings. The second-order valence-electron chi connectivity index (χ2n) is 6.58. The summed E-state index contributed by atoms with van der Waals surface area (Å²) in [6, 6.07) is 14.1. The highest BCUT2D eigenvalue weighted by Gasteiger charge is 2.30. The van der Waals surface area contributed by atoms with E-state index in [2.05, 4.69) is 10.5 Å². The Kier molecular flexibility index (Phi) is 4.56. The number of fused-ring (bicyclic) bond motifs is 1. The van der Waals surface area contributed by atoms with Gasteiger partial charge < -0.3 is 14.9 Å². The fourth-order valence-electron chi connectivity index (χ4n) is 3.24. The van der Waals surface area contributed by atoms with Crippen LogP contribution >= 0.6 is 0 Å². The van der Waals surface area contributed by atoms with Crippen LogP contribution in [0.15, 0.2) is 53.7 Å². The average Bonchev–Trinajstić information content (AvgIpc) is 3.16. The van der Waals surface area contributed by atoms with Crippen molar-refractivity contribution in [3.05, 3.63) is 65.5 Å². The topological polar surface area (TPSA) is 59.9 Å². The maximum atomic E-state index is 13.3. The van der Waals surface area contributed by atoms with Crippen molar-refractivity contribution in [1.82, 2.24) is 5.32 Å². The van der Waals surface area contributed by atoms with Crippen LogP contribution in [-0.2, 0) is 16.1 Å². The summed E-state index contributed by atoms with van der Waals surface area (Å²) in [7, 11) is 0. The monoisotopic (exact) mass is 354 g/mol. The average molecular weight is 354 g/mol. The van der Waals surface area contributed by atoms with Crippen molar-refractivity contribution in [2.45, 2.75) is 18.9 Å². The van der Waals surface area contributed by atoms with Crippen molar-refractivity contribution in [3.63, 3.8) is 0 Å². The Morgan fingerprint density at radius 2 is 2.08 bits per heavy atom. The minimum absolute atomic E-state index is 0.209. The first-order chi connectivity index (χ1) is 12.7. The van der Waals surface area contributed by atoms with Crippen LogP contribution < -0.4 is 10.1 Å². The predicted molar refractivity (Wildman–Crippen MR) is 94.6 cm³/mol. The molecule has 1 N–H and O–H groups in total. The van der Waals surface area contributed by atoms with Crippen LogP contribution in [0.1, 0.15) is 17.5 Å². The molecule has 2 aromatic carbocycles. The van der Waals surface area contributed by atoms with Gasteiger partial charge in [0.25, 0.3) is 5.91 Å². The Hall–Kier alpha value is -2.89. The lowest BCUT2D eigenvalue weighted by Crippen LogP contribution is -2.40. The lowest BCUT2D eigenvalue weighted by atomic mass is 9.96. The summed E-state index contributed by atoms with van der Waals surface area (Å²) in [5.41, 5.74) is 2.38. The number of para-hydroxylation sites is 1. The lowest BCUT2D eigenvalue weighted by Gasteiger charge is -2.25. The van der Waals surface area contributed by atoms with Gasteiger partial charge in [0.05, 0.1) is 12.3 Å². The molecule has 2 atom stereocenters. The van der Waals surface area contributed by atoms with Gasteiger partial charge in [0.1, 0.15) is 11.6 Å². The van der Waals surface area contributed by atoms with E-state index < -0.39 is 6.10 Å². The van der Waals surface area contributed by atoms with Gasteiger partial charge in [-0.2, -0.15) is 0 Å². The third-order valence-corrected chi connectivity index (χ3v) is 4.64. The van der Waals surface area contributed by atoms with Crippen LogP contribution in [0.2, 0.25) is 0 Å². The molecule has 1 amide bonds. The SMILES string of the molecule is O=C(NCC1COc2ccccc2C1)C1CC(c2cccc(F)c2)=NO1. The number of carbonyl (C=O) groups excluding carboxylic acids is 1. The maximum absolute atomic E-state index is 13.3. The van der Waals surface area contributed by atoms with Gasteiger partial charge in [-0.3, -0.25) is 4.79 Å². The standard InChI is InChI=1S/C20H19FN2O3/c21-16-6-3-5-14(9-16)17-10-19(26-23-17)20(24)22-11-13-8-15-4-1-2-7-18(15)25-12-13/h1-7,9,13,19H,8,10-12H2,(H,22,24). The molecule has 0 aromatic heterocycles. The third kappa shape index (κ3) is 3.54. The van der Waals surface area contributed by atoms with E-state index in [0.717, 1.165) is 17.7 Å². The number of hydrogen-bond donors (Lipinski definition) is 1. The molecule has 6 heteroatoms. The summed E-state index contributed by atoms with van der Waals surface area (Å²) in [5.74, 6) is 0.593. The Morgan fingerprint density at radius 3 is 2.96 bits per heavy atom. The number of nitrogens with one attached hydrogen (secondary N) is 1. The Labute approximate surface area is 150 Å². The van der Waals surface area contributed by atoms with Gasteiger partial charge in [0.2, 0.25) is 6.10 Å². The van der Waals surface area contributed by atoms with Gasteiger partial charge in [-0.05, 0) is 30.2 Å². The van der Waals surface area contributed by atoms with Crippen LogP contribution in [-0.4, -0.2) is 30.9 Å². The van der Waals surface area contributed by atoms with E-state index in [4.69, 9.17) is 9.57 Å². The summed E-state index contributed by atoms with van der Waals surface area (Å²) in [6.45, 7) is 1.09. The number of halogens is 1. The second kappa shape index (κ2) is 7.15. The van der Waals surface area contributed by atoms with Gasteiger partial charge in [-0.15, -0.1) is 0 Å². The van der Waals surface area contributed by atoms with Crippen molar-refractivity contribution < 1.29 is 18.8 Å². The minimum Gasteiger partial charge on any atom is -0.493 e. The summed E-state index contributed by atoms with van der Waals surface area (Å²) >= 11 is 0. The number of hydrogen-bond acceptors (Lipinski definition) is 4. The van der Waals surface area contributed by atoms with Crippen molar-refractivity contribution in [1.29, 1.82) is 0 Å². The van der Waals surface area contributed by atoms with Crippen LogP contribution in [0, 0.1) is 11.7 Å². The van der Waals surface area contributed by atoms with E-state index in [1.807, 2.05) is 24.3 Å². The number of oxime groups is 1. The molecule has 2 aliphatic heterocycles. The van der Waals surface area contributed by atoms with Gasteiger partial charge in [-0.25, -0.2) is 4.39 Å². The number of amides is 1. The Balaban J connectivity index is 1.29. The number of rotatable bonds is 4. The van der Waals surface area contributed by atoms with Gasteiger partial charge in [-0.1, -0.05) is 35.5 Å². The minimum atomic E-state index is -0.676. The highest BCUT2D eigenvalue weighted by Crippen LogP contribution is 2.26. The first-order valence-corrected chi connectivity index (χ1v) is 8.66. The Bertz CT molecular complexity index is 852.